The minimum atomic E-state index is 0.303. The molecule has 1 atom stereocenters. The van der Waals surface area contributed by atoms with Crippen molar-refractivity contribution in [3.8, 4) is 0 Å². The Hall–Kier alpha value is -0.160. The van der Waals surface area contributed by atoms with Gasteiger partial charge in [-0.15, -0.1) is 0 Å². The number of piperazine rings is 1. The maximum Gasteiger partial charge on any atom is 0.0281 e. The number of likely N-dealkylation sites (N-methyl/N-ethyl adjacent to an activating group) is 1. The van der Waals surface area contributed by atoms with Crippen molar-refractivity contribution in [1.82, 2.24) is 20.0 Å². The molecule has 0 spiro atoms. The van der Waals surface area contributed by atoms with Crippen molar-refractivity contribution in [1.29, 1.82) is 0 Å². The van der Waals surface area contributed by atoms with Crippen LogP contribution < -0.4 is 5.32 Å². The van der Waals surface area contributed by atoms with E-state index in [1.807, 2.05) is 0 Å². The average Bonchev–Trinajstić information content (AvgIpc) is 2.76. The standard InChI is InChI=1S/C15H32N4/c1-15(2,19-10-7-16-8-11-19)13-18-9-5-6-14(18)12-17(3)4/h14,16H,5-13H2,1-4H3. The summed E-state index contributed by atoms with van der Waals surface area (Å²) in [6.07, 6.45) is 2.74. The second kappa shape index (κ2) is 6.53. The Morgan fingerprint density at radius 2 is 1.84 bits per heavy atom. The van der Waals surface area contributed by atoms with Crippen LogP contribution in [0.4, 0.5) is 0 Å². The van der Waals surface area contributed by atoms with E-state index in [9.17, 15) is 0 Å². The molecule has 0 aromatic carbocycles. The minimum Gasteiger partial charge on any atom is -0.314 e. The SMILES string of the molecule is CN(C)CC1CCCN1CC(C)(C)N1CCNCC1. The van der Waals surface area contributed by atoms with E-state index in [1.165, 1.54) is 45.6 Å². The third-order valence-electron chi connectivity index (χ3n) is 4.64. The van der Waals surface area contributed by atoms with Crippen molar-refractivity contribution in [2.24, 2.45) is 0 Å². The average molecular weight is 268 g/mol. The van der Waals surface area contributed by atoms with Crippen LogP contribution in [-0.4, -0.2) is 86.2 Å². The van der Waals surface area contributed by atoms with Gasteiger partial charge in [-0.25, -0.2) is 0 Å². The zero-order valence-electron chi connectivity index (χ0n) is 13.3. The number of hydrogen-bond acceptors (Lipinski definition) is 4. The summed E-state index contributed by atoms with van der Waals surface area (Å²) in [6, 6.07) is 0.761. The fraction of sp³-hybridized carbons (Fsp3) is 1.00. The summed E-state index contributed by atoms with van der Waals surface area (Å²) in [6.45, 7) is 13.2. The Balaban J connectivity index is 1.90. The molecule has 0 aliphatic carbocycles. The van der Waals surface area contributed by atoms with E-state index >= 15 is 0 Å². The highest BCUT2D eigenvalue weighted by Gasteiger charge is 2.34. The summed E-state index contributed by atoms with van der Waals surface area (Å²) < 4.78 is 0. The Kier molecular flexibility index (Phi) is 5.23. The summed E-state index contributed by atoms with van der Waals surface area (Å²) >= 11 is 0. The zero-order chi connectivity index (χ0) is 13.9. The summed E-state index contributed by atoms with van der Waals surface area (Å²) in [5, 5.41) is 3.45. The van der Waals surface area contributed by atoms with Gasteiger partial charge in [0.1, 0.15) is 0 Å². The third kappa shape index (κ3) is 4.15. The van der Waals surface area contributed by atoms with E-state index in [2.05, 4.69) is 48.0 Å². The second-order valence-electron chi connectivity index (χ2n) is 7.08. The van der Waals surface area contributed by atoms with E-state index in [1.54, 1.807) is 0 Å². The largest absolute Gasteiger partial charge is 0.314 e. The normalized spacial score (nSPS) is 27.3. The molecule has 2 aliphatic heterocycles. The Bertz CT molecular complexity index is 271. The zero-order valence-corrected chi connectivity index (χ0v) is 13.3. The molecule has 19 heavy (non-hydrogen) atoms. The van der Waals surface area contributed by atoms with E-state index in [0.29, 0.717) is 5.54 Å². The van der Waals surface area contributed by atoms with Crippen molar-refractivity contribution in [3.63, 3.8) is 0 Å². The lowest BCUT2D eigenvalue weighted by molar-refractivity contribution is 0.0549. The molecular formula is C15H32N4. The van der Waals surface area contributed by atoms with Crippen LogP contribution in [0.25, 0.3) is 0 Å². The molecule has 4 nitrogen and oxygen atoms in total. The van der Waals surface area contributed by atoms with Crippen molar-refractivity contribution in [2.45, 2.75) is 38.3 Å². The Labute approximate surface area is 119 Å². The monoisotopic (exact) mass is 268 g/mol. The lowest BCUT2D eigenvalue weighted by Crippen LogP contribution is -2.58. The summed E-state index contributed by atoms with van der Waals surface area (Å²) in [7, 11) is 4.38. The quantitative estimate of drug-likeness (QED) is 0.792. The van der Waals surface area contributed by atoms with Crippen molar-refractivity contribution in [2.75, 3.05) is 59.9 Å². The van der Waals surface area contributed by atoms with Crippen LogP contribution in [0, 0.1) is 0 Å². The molecule has 1 unspecified atom stereocenters. The predicted octanol–water partition coefficient (Wildman–Crippen LogP) is 0.696. The molecule has 0 radical (unpaired) electrons. The van der Waals surface area contributed by atoms with Gasteiger partial charge in [0, 0.05) is 50.8 Å². The van der Waals surface area contributed by atoms with Gasteiger partial charge in [-0.2, -0.15) is 0 Å². The first-order valence-electron chi connectivity index (χ1n) is 7.83. The number of likely N-dealkylation sites (tertiary alicyclic amines) is 1. The van der Waals surface area contributed by atoms with Gasteiger partial charge in [-0.1, -0.05) is 0 Å². The van der Waals surface area contributed by atoms with Gasteiger partial charge < -0.3 is 10.2 Å². The van der Waals surface area contributed by atoms with Crippen molar-refractivity contribution in [3.05, 3.63) is 0 Å². The molecule has 0 amide bonds. The highest BCUT2D eigenvalue weighted by Crippen LogP contribution is 2.24. The van der Waals surface area contributed by atoms with Crippen LogP contribution in [0.3, 0.4) is 0 Å². The van der Waals surface area contributed by atoms with Crippen LogP contribution in [0.2, 0.25) is 0 Å². The van der Waals surface area contributed by atoms with Crippen molar-refractivity contribution < 1.29 is 0 Å². The first-order chi connectivity index (χ1) is 8.99. The highest BCUT2D eigenvalue weighted by molar-refractivity contribution is 4.91. The van der Waals surface area contributed by atoms with Gasteiger partial charge in [0.2, 0.25) is 0 Å². The topological polar surface area (TPSA) is 21.8 Å². The molecule has 112 valence electrons. The van der Waals surface area contributed by atoms with Crippen molar-refractivity contribution >= 4 is 0 Å². The number of hydrogen-bond donors (Lipinski definition) is 1. The van der Waals surface area contributed by atoms with Crippen LogP contribution in [0.1, 0.15) is 26.7 Å². The number of nitrogens with zero attached hydrogens (tertiary/aromatic N) is 3. The van der Waals surface area contributed by atoms with Gasteiger partial charge in [0.15, 0.2) is 0 Å². The lowest BCUT2D eigenvalue weighted by Gasteiger charge is -2.44. The van der Waals surface area contributed by atoms with Crippen LogP contribution in [-0.2, 0) is 0 Å². The molecule has 1 N–H and O–H groups in total. The molecule has 2 rings (SSSR count). The van der Waals surface area contributed by atoms with Crippen LogP contribution >= 0.6 is 0 Å². The molecule has 2 fully saturated rings. The van der Waals surface area contributed by atoms with Gasteiger partial charge in [0.05, 0.1) is 0 Å². The van der Waals surface area contributed by atoms with E-state index < -0.39 is 0 Å². The highest BCUT2D eigenvalue weighted by atomic mass is 15.3. The van der Waals surface area contributed by atoms with E-state index in [-0.39, 0.29) is 0 Å². The third-order valence-corrected chi connectivity index (χ3v) is 4.64. The predicted molar refractivity (Wildman–Crippen MR) is 81.7 cm³/mol. The number of nitrogens with one attached hydrogen (secondary N) is 1. The van der Waals surface area contributed by atoms with Gasteiger partial charge in [-0.05, 0) is 47.3 Å². The van der Waals surface area contributed by atoms with Gasteiger partial charge >= 0.3 is 0 Å². The first-order valence-corrected chi connectivity index (χ1v) is 7.83. The van der Waals surface area contributed by atoms with Crippen LogP contribution in [0.15, 0.2) is 0 Å². The number of rotatable bonds is 5. The molecule has 0 aromatic rings. The Morgan fingerprint density at radius 3 is 2.47 bits per heavy atom. The molecule has 2 aliphatic rings. The van der Waals surface area contributed by atoms with Crippen LogP contribution in [0.5, 0.6) is 0 Å². The lowest BCUT2D eigenvalue weighted by atomic mass is 10.00. The summed E-state index contributed by atoms with van der Waals surface area (Å²) in [5.74, 6) is 0. The minimum absolute atomic E-state index is 0.303. The van der Waals surface area contributed by atoms with E-state index in [4.69, 9.17) is 0 Å². The molecule has 0 saturated carbocycles. The fourth-order valence-electron chi connectivity index (χ4n) is 3.60. The second-order valence-corrected chi connectivity index (χ2v) is 7.08. The molecular weight excluding hydrogens is 236 g/mol. The molecule has 0 bridgehead atoms. The maximum absolute atomic E-state index is 3.45. The molecule has 2 saturated heterocycles. The smallest absolute Gasteiger partial charge is 0.0281 e. The van der Waals surface area contributed by atoms with Gasteiger partial charge in [-0.3, -0.25) is 9.80 Å². The first kappa shape index (κ1) is 15.2. The van der Waals surface area contributed by atoms with Gasteiger partial charge in [0.25, 0.3) is 0 Å². The van der Waals surface area contributed by atoms with E-state index in [0.717, 1.165) is 19.1 Å². The fourth-order valence-corrected chi connectivity index (χ4v) is 3.60. The maximum atomic E-state index is 3.45. The summed E-state index contributed by atoms with van der Waals surface area (Å²) in [5.41, 5.74) is 0.303. The molecule has 2 heterocycles. The Morgan fingerprint density at radius 1 is 1.16 bits per heavy atom. The molecule has 4 heteroatoms. The molecule has 0 aromatic heterocycles. The summed E-state index contributed by atoms with van der Waals surface area (Å²) in [4.78, 5) is 7.72.